The Hall–Kier alpha value is -1.35. The van der Waals surface area contributed by atoms with Gasteiger partial charge in [-0.1, -0.05) is 18.6 Å². The Labute approximate surface area is 91.4 Å². The van der Waals surface area contributed by atoms with Gasteiger partial charge in [0.15, 0.2) is 0 Å². The second-order valence-corrected chi connectivity index (χ2v) is 3.52. The van der Waals surface area contributed by atoms with Crippen molar-refractivity contribution in [3.05, 3.63) is 29.3 Å². The second kappa shape index (κ2) is 6.19. The van der Waals surface area contributed by atoms with Crippen LogP contribution < -0.4 is 10.6 Å². The van der Waals surface area contributed by atoms with E-state index in [1.807, 2.05) is 19.1 Å². The first-order chi connectivity index (χ1) is 7.27. The normalized spacial score (nSPS) is 10.0. The van der Waals surface area contributed by atoms with Gasteiger partial charge in [0.1, 0.15) is 0 Å². The molecule has 3 nitrogen and oxygen atoms in total. The molecule has 82 valence electrons. The van der Waals surface area contributed by atoms with Gasteiger partial charge in [-0.3, -0.25) is 0 Å². The summed E-state index contributed by atoms with van der Waals surface area (Å²) in [7, 11) is 0. The molecule has 0 bridgehead atoms. The first-order valence-electron chi connectivity index (χ1n) is 5.33. The molecule has 0 aliphatic rings. The van der Waals surface area contributed by atoms with E-state index < -0.39 is 0 Å². The number of benzene rings is 1. The van der Waals surface area contributed by atoms with Gasteiger partial charge in [0, 0.05) is 30.6 Å². The second-order valence-electron chi connectivity index (χ2n) is 3.52. The van der Waals surface area contributed by atoms with Crippen molar-refractivity contribution >= 4 is 11.9 Å². The van der Waals surface area contributed by atoms with Crippen molar-refractivity contribution in [1.82, 2.24) is 5.32 Å². The van der Waals surface area contributed by atoms with Crippen LogP contribution in [0.2, 0.25) is 0 Å². The molecule has 0 saturated heterocycles. The van der Waals surface area contributed by atoms with E-state index in [0.29, 0.717) is 0 Å². The van der Waals surface area contributed by atoms with Gasteiger partial charge in [0.25, 0.3) is 0 Å². The summed E-state index contributed by atoms with van der Waals surface area (Å²) < 4.78 is 0. The zero-order valence-corrected chi connectivity index (χ0v) is 9.43. The Kier molecular flexibility index (Phi) is 4.84. The number of anilines is 1. The number of hydrogen-bond acceptors (Lipinski definition) is 3. The van der Waals surface area contributed by atoms with Gasteiger partial charge >= 0.3 is 0 Å². The molecule has 0 saturated carbocycles. The summed E-state index contributed by atoms with van der Waals surface area (Å²) in [5.74, 6) is 0. The number of likely N-dealkylation sites (N-methyl/N-ethyl adjacent to an activating group) is 1. The van der Waals surface area contributed by atoms with Gasteiger partial charge < -0.3 is 16.0 Å². The molecule has 0 amide bonds. The molecule has 15 heavy (non-hydrogen) atoms. The molecule has 3 heteroatoms. The molecular formula is C12H19N3. The summed E-state index contributed by atoms with van der Waals surface area (Å²) in [6.45, 7) is 6.96. The van der Waals surface area contributed by atoms with Crippen molar-refractivity contribution in [2.45, 2.75) is 13.8 Å². The van der Waals surface area contributed by atoms with E-state index >= 15 is 0 Å². The third kappa shape index (κ3) is 3.72. The molecule has 1 rings (SSSR count). The van der Waals surface area contributed by atoms with Crippen LogP contribution in [0.25, 0.3) is 0 Å². The van der Waals surface area contributed by atoms with E-state index in [4.69, 9.17) is 5.41 Å². The lowest BCUT2D eigenvalue weighted by atomic mass is 10.1. The summed E-state index contributed by atoms with van der Waals surface area (Å²) >= 11 is 0. The predicted octanol–water partition coefficient (Wildman–Crippen LogP) is 2.01. The first-order valence-corrected chi connectivity index (χ1v) is 5.33. The van der Waals surface area contributed by atoms with E-state index in [2.05, 4.69) is 23.6 Å². The maximum atomic E-state index is 7.32. The highest BCUT2D eigenvalue weighted by Crippen LogP contribution is 2.14. The van der Waals surface area contributed by atoms with Crippen LogP contribution in [-0.4, -0.2) is 25.8 Å². The molecular weight excluding hydrogens is 186 g/mol. The minimum absolute atomic E-state index is 0.887. The van der Waals surface area contributed by atoms with Gasteiger partial charge in [-0.15, -0.1) is 0 Å². The van der Waals surface area contributed by atoms with Gasteiger partial charge in [-0.2, -0.15) is 0 Å². The zero-order chi connectivity index (χ0) is 11.1. The quantitative estimate of drug-likeness (QED) is 0.491. The lowest BCUT2D eigenvalue weighted by Crippen LogP contribution is -2.21. The maximum absolute atomic E-state index is 7.32. The molecule has 0 aliphatic heterocycles. The highest BCUT2D eigenvalue weighted by atomic mass is 14.9. The smallest absolute Gasteiger partial charge is 0.0429 e. The Bertz CT molecular complexity index is 321. The van der Waals surface area contributed by atoms with Crippen molar-refractivity contribution in [3.63, 3.8) is 0 Å². The van der Waals surface area contributed by atoms with Crippen LogP contribution in [0, 0.1) is 12.3 Å². The van der Waals surface area contributed by atoms with Crippen LogP contribution in [0.1, 0.15) is 18.1 Å². The van der Waals surface area contributed by atoms with Gasteiger partial charge in [-0.05, 0) is 25.6 Å². The third-order valence-corrected chi connectivity index (χ3v) is 2.23. The number of nitrogens with one attached hydrogen (secondary N) is 3. The first kappa shape index (κ1) is 11.7. The lowest BCUT2D eigenvalue weighted by molar-refractivity contribution is 0.739. The Morgan fingerprint density at radius 3 is 2.80 bits per heavy atom. The van der Waals surface area contributed by atoms with E-state index in [-0.39, 0.29) is 0 Å². The van der Waals surface area contributed by atoms with Crippen molar-refractivity contribution < 1.29 is 0 Å². The third-order valence-electron chi connectivity index (χ3n) is 2.23. The predicted molar refractivity (Wildman–Crippen MR) is 66.1 cm³/mol. The molecule has 3 N–H and O–H groups in total. The molecule has 0 radical (unpaired) electrons. The van der Waals surface area contributed by atoms with Gasteiger partial charge in [-0.25, -0.2) is 0 Å². The highest BCUT2D eigenvalue weighted by Gasteiger charge is 1.98. The molecule has 0 spiro atoms. The number of hydrogen-bond donors (Lipinski definition) is 3. The molecule has 1 aromatic rings. The molecule has 0 atom stereocenters. The average molecular weight is 205 g/mol. The summed E-state index contributed by atoms with van der Waals surface area (Å²) in [5, 5.41) is 13.9. The fourth-order valence-electron chi connectivity index (χ4n) is 1.42. The fraction of sp³-hybridized carbons (Fsp3) is 0.417. The van der Waals surface area contributed by atoms with Crippen molar-refractivity contribution in [3.8, 4) is 0 Å². The Morgan fingerprint density at radius 2 is 2.13 bits per heavy atom. The van der Waals surface area contributed by atoms with Crippen LogP contribution in [-0.2, 0) is 0 Å². The summed E-state index contributed by atoms with van der Waals surface area (Å²) in [4.78, 5) is 0. The van der Waals surface area contributed by atoms with Crippen molar-refractivity contribution in [1.29, 1.82) is 5.41 Å². The van der Waals surface area contributed by atoms with E-state index in [0.717, 1.165) is 30.9 Å². The summed E-state index contributed by atoms with van der Waals surface area (Å²) in [5.41, 5.74) is 3.17. The lowest BCUT2D eigenvalue weighted by Gasteiger charge is -2.10. The molecule has 1 aromatic carbocycles. The van der Waals surface area contributed by atoms with Crippen molar-refractivity contribution in [2.24, 2.45) is 0 Å². The van der Waals surface area contributed by atoms with Gasteiger partial charge in [0.2, 0.25) is 0 Å². The largest absolute Gasteiger partial charge is 0.383 e. The van der Waals surface area contributed by atoms with E-state index in [1.54, 1.807) is 0 Å². The molecule has 0 unspecified atom stereocenters. The van der Waals surface area contributed by atoms with Crippen LogP contribution >= 0.6 is 0 Å². The molecule has 0 aliphatic carbocycles. The fourth-order valence-corrected chi connectivity index (χ4v) is 1.42. The number of aryl methyl sites for hydroxylation is 1. The van der Waals surface area contributed by atoms with Crippen LogP contribution in [0.4, 0.5) is 5.69 Å². The van der Waals surface area contributed by atoms with Crippen molar-refractivity contribution in [2.75, 3.05) is 25.0 Å². The maximum Gasteiger partial charge on any atom is 0.0429 e. The molecule has 0 fully saturated rings. The SMILES string of the molecule is CCNCCNc1ccc(C)cc1C=N. The minimum atomic E-state index is 0.887. The topological polar surface area (TPSA) is 47.9 Å². The standard InChI is InChI=1S/C12H19N3/c1-3-14-6-7-15-12-5-4-10(2)8-11(12)9-13/h4-5,8-9,13-15H,3,6-7H2,1-2H3. The van der Waals surface area contributed by atoms with Crippen LogP contribution in [0.3, 0.4) is 0 Å². The van der Waals surface area contributed by atoms with Crippen LogP contribution in [0.15, 0.2) is 18.2 Å². The van der Waals surface area contributed by atoms with Gasteiger partial charge in [0.05, 0.1) is 0 Å². The van der Waals surface area contributed by atoms with E-state index in [1.165, 1.54) is 11.8 Å². The average Bonchev–Trinajstić information content (AvgIpc) is 2.26. The summed E-state index contributed by atoms with van der Waals surface area (Å²) in [6, 6.07) is 6.10. The highest BCUT2D eigenvalue weighted by molar-refractivity contribution is 5.86. The minimum Gasteiger partial charge on any atom is -0.383 e. The van der Waals surface area contributed by atoms with Crippen LogP contribution in [0.5, 0.6) is 0 Å². The Balaban J connectivity index is 2.56. The molecule has 0 aromatic heterocycles. The zero-order valence-electron chi connectivity index (χ0n) is 9.43. The summed E-state index contributed by atoms with van der Waals surface area (Å²) in [6.07, 6.45) is 1.39. The monoisotopic (exact) mass is 205 g/mol. The van der Waals surface area contributed by atoms with E-state index in [9.17, 15) is 0 Å². The molecule has 0 heterocycles. The number of rotatable bonds is 6. The Morgan fingerprint density at radius 1 is 1.33 bits per heavy atom.